The number of methoxy groups -OCH3 is 1. The van der Waals surface area contributed by atoms with Gasteiger partial charge in [-0.15, -0.1) is 0 Å². The predicted molar refractivity (Wildman–Crippen MR) is 85.4 cm³/mol. The van der Waals surface area contributed by atoms with Crippen molar-refractivity contribution >= 4 is 17.6 Å². The van der Waals surface area contributed by atoms with Gasteiger partial charge in [-0.2, -0.15) is 13.2 Å². The molecule has 3 amide bonds. The molecule has 1 aliphatic rings. The quantitative estimate of drug-likeness (QED) is 0.868. The van der Waals surface area contributed by atoms with Crippen molar-refractivity contribution in [2.24, 2.45) is 5.92 Å². The van der Waals surface area contributed by atoms with Crippen molar-refractivity contribution in [3.8, 4) is 5.75 Å². The van der Waals surface area contributed by atoms with Crippen molar-refractivity contribution in [3.05, 3.63) is 24.3 Å². The largest absolute Gasteiger partial charge is 0.497 e. The number of carbonyl (C=O) groups is 2. The number of halogens is 3. The number of amides is 3. The molecule has 1 saturated heterocycles. The van der Waals surface area contributed by atoms with Gasteiger partial charge in [-0.05, 0) is 37.1 Å². The minimum Gasteiger partial charge on any atom is -0.497 e. The second kappa shape index (κ2) is 8.09. The number of hydrogen-bond donors (Lipinski definition) is 2. The van der Waals surface area contributed by atoms with E-state index in [1.165, 1.54) is 4.90 Å². The van der Waals surface area contributed by atoms with E-state index in [4.69, 9.17) is 4.74 Å². The van der Waals surface area contributed by atoms with Crippen LogP contribution >= 0.6 is 0 Å². The summed E-state index contributed by atoms with van der Waals surface area (Å²) in [6.45, 7) is -0.706. The van der Waals surface area contributed by atoms with Gasteiger partial charge in [0.1, 0.15) is 12.3 Å². The molecule has 9 heteroatoms. The van der Waals surface area contributed by atoms with Crippen molar-refractivity contribution in [1.29, 1.82) is 0 Å². The van der Waals surface area contributed by atoms with Gasteiger partial charge in [-0.25, -0.2) is 4.79 Å². The summed E-state index contributed by atoms with van der Waals surface area (Å²) in [5.74, 6) is -0.455. The van der Waals surface area contributed by atoms with Gasteiger partial charge in [0.25, 0.3) is 0 Å². The first-order valence-electron chi connectivity index (χ1n) is 7.83. The van der Waals surface area contributed by atoms with Crippen LogP contribution in [0.15, 0.2) is 24.3 Å². The molecule has 6 nitrogen and oxygen atoms in total. The van der Waals surface area contributed by atoms with E-state index in [2.05, 4.69) is 5.32 Å². The number of likely N-dealkylation sites (tertiary alicyclic amines) is 1. The number of rotatable bonds is 4. The fourth-order valence-corrected chi connectivity index (χ4v) is 2.55. The number of benzene rings is 1. The van der Waals surface area contributed by atoms with E-state index >= 15 is 0 Å². The number of piperidine rings is 1. The van der Waals surface area contributed by atoms with Gasteiger partial charge < -0.3 is 20.3 Å². The number of nitrogens with one attached hydrogen (secondary N) is 2. The van der Waals surface area contributed by atoms with Gasteiger partial charge >= 0.3 is 12.2 Å². The lowest BCUT2D eigenvalue weighted by atomic mass is 9.96. The topological polar surface area (TPSA) is 70.7 Å². The lowest BCUT2D eigenvalue weighted by molar-refractivity contribution is -0.141. The fourth-order valence-electron chi connectivity index (χ4n) is 2.55. The summed E-state index contributed by atoms with van der Waals surface area (Å²) in [5.41, 5.74) is 0.607. The summed E-state index contributed by atoms with van der Waals surface area (Å²) in [5, 5.41) is 4.63. The van der Waals surface area contributed by atoms with E-state index in [0.29, 0.717) is 37.4 Å². The lowest BCUT2D eigenvalue weighted by Gasteiger charge is -2.31. The summed E-state index contributed by atoms with van der Waals surface area (Å²) >= 11 is 0. The van der Waals surface area contributed by atoms with Crippen LogP contribution < -0.4 is 15.4 Å². The van der Waals surface area contributed by atoms with Crippen LogP contribution in [0.3, 0.4) is 0 Å². The van der Waals surface area contributed by atoms with Crippen LogP contribution in [0.4, 0.5) is 23.7 Å². The maximum absolute atomic E-state index is 12.2. The highest BCUT2D eigenvalue weighted by Crippen LogP contribution is 2.20. The molecular formula is C16H20F3N3O3. The molecule has 25 heavy (non-hydrogen) atoms. The Morgan fingerprint density at radius 3 is 2.32 bits per heavy atom. The van der Waals surface area contributed by atoms with Crippen LogP contribution in [0.5, 0.6) is 5.75 Å². The summed E-state index contributed by atoms with van der Waals surface area (Å²) < 4.78 is 41.4. The Hall–Kier alpha value is -2.45. The number of nitrogens with zero attached hydrogens (tertiary/aromatic N) is 1. The van der Waals surface area contributed by atoms with Crippen LogP contribution in [-0.4, -0.2) is 49.8 Å². The summed E-state index contributed by atoms with van der Waals surface area (Å²) in [4.78, 5) is 25.5. The molecule has 2 N–H and O–H groups in total. The van der Waals surface area contributed by atoms with Gasteiger partial charge in [-0.3, -0.25) is 4.79 Å². The first-order chi connectivity index (χ1) is 11.8. The van der Waals surface area contributed by atoms with Crippen molar-refractivity contribution < 1.29 is 27.5 Å². The lowest BCUT2D eigenvalue weighted by Crippen LogP contribution is -2.45. The molecule has 1 heterocycles. The molecule has 0 spiro atoms. The number of urea groups is 1. The highest BCUT2D eigenvalue weighted by atomic mass is 19.4. The Balaban J connectivity index is 1.78. The number of hydrogen-bond acceptors (Lipinski definition) is 3. The van der Waals surface area contributed by atoms with Gasteiger partial charge in [0.2, 0.25) is 5.91 Å². The zero-order valence-electron chi connectivity index (χ0n) is 13.7. The average molecular weight is 359 g/mol. The van der Waals surface area contributed by atoms with Crippen LogP contribution in [-0.2, 0) is 4.79 Å². The first-order valence-corrected chi connectivity index (χ1v) is 7.83. The maximum atomic E-state index is 12.2. The first kappa shape index (κ1) is 18.9. The monoisotopic (exact) mass is 359 g/mol. The second-order valence-corrected chi connectivity index (χ2v) is 5.75. The van der Waals surface area contributed by atoms with Crippen molar-refractivity contribution in [2.45, 2.75) is 19.0 Å². The Labute approximate surface area is 143 Å². The van der Waals surface area contributed by atoms with Gasteiger partial charge in [-0.1, -0.05) is 0 Å². The summed E-state index contributed by atoms with van der Waals surface area (Å²) in [6, 6.07) is 6.53. The zero-order chi connectivity index (χ0) is 18.4. The summed E-state index contributed by atoms with van der Waals surface area (Å²) in [6.07, 6.45) is -3.76. The summed E-state index contributed by atoms with van der Waals surface area (Å²) in [7, 11) is 1.54. The third kappa shape index (κ3) is 5.84. The third-order valence-corrected chi connectivity index (χ3v) is 3.96. The van der Waals surface area contributed by atoms with E-state index in [1.807, 2.05) is 5.32 Å². The fraction of sp³-hybridized carbons (Fsp3) is 0.500. The molecule has 1 aromatic carbocycles. The molecule has 0 atom stereocenters. The Kier molecular flexibility index (Phi) is 6.11. The molecular weight excluding hydrogens is 339 g/mol. The van der Waals surface area contributed by atoms with Gasteiger partial charge in [0.05, 0.1) is 7.11 Å². The van der Waals surface area contributed by atoms with Crippen LogP contribution in [0.2, 0.25) is 0 Å². The Morgan fingerprint density at radius 2 is 1.80 bits per heavy atom. The highest BCUT2D eigenvalue weighted by molar-refractivity contribution is 5.89. The SMILES string of the molecule is COc1ccc(NC(=O)N2CCC(C(=O)NCC(F)(F)F)CC2)cc1. The van der Waals surface area contributed by atoms with Crippen molar-refractivity contribution in [3.63, 3.8) is 0 Å². The van der Waals surface area contributed by atoms with Gasteiger partial charge in [0.15, 0.2) is 0 Å². The van der Waals surface area contributed by atoms with Crippen molar-refractivity contribution in [1.82, 2.24) is 10.2 Å². The molecule has 0 saturated carbocycles. The molecule has 0 aromatic heterocycles. The standard InChI is InChI=1S/C16H20F3N3O3/c1-25-13-4-2-12(3-5-13)21-15(24)22-8-6-11(7-9-22)14(23)20-10-16(17,18)19/h2-5,11H,6-10H2,1H3,(H,20,23)(H,21,24). The van der Waals surface area contributed by atoms with E-state index in [-0.39, 0.29) is 6.03 Å². The molecule has 0 aliphatic carbocycles. The molecule has 0 radical (unpaired) electrons. The predicted octanol–water partition coefficient (Wildman–Crippen LogP) is 2.62. The third-order valence-electron chi connectivity index (χ3n) is 3.96. The van der Waals surface area contributed by atoms with E-state index < -0.39 is 24.5 Å². The molecule has 0 bridgehead atoms. The molecule has 1 fully saturated rings. The van der Waals surface area contributed by atoms with Crippen molar-refractivity contribution in [2.75, 3.05) is 32.1 Å². The van der Waals surface area contributed by atoms with Crippen LogP contribution in [0, 0.1) is 5.92 Å². The Bertz CT molecular complexity index is 597. The Morgan fingerprint density at radius 1 is 1.20 bits per heavy atom. The minimum absolute atomic E-state index is 0.306. The highest BCUT2D eigenvalue weighted by Gasteiger charge is 2.31. The number of carbonyl (C=O) groups excluding carboxylic acids is 2. The maximum Gasteiger partial charge on any atom is 0.405 e. The number of alkyl halides is 3. The normalized spacial score (nSPS) is 15.6. The molecule has 138 valence electrons. The molecule has 2 rings (SSSR count). The molecule has 1 aromatic rings. The number of ether oxygens (including phenoxy) is 1. The minimum atomic E-state index is -4.42. The average Bonchev–Trinajstić information content (AvgIpc) is 2.60. The van der Waals surface area contributed by atoms with Gasteiger partial charge in [0, 0.05) is 24.7 Å². The zero-order valence-corrected chi connectivity index (χ0v) is 13.7. The van der Waals surface area contributed by atoms with E-state index in [1.54, 1.807) is 31.4 Å². The van der Waals surface area contributed by atoms with Crippen LogP contribution in [0.1, 0.15) is 12.8 Å². The van der Waals surface area contributed by atoms with E-state index in [0.717, 1.165) is 0 Å². The van der Waals surface area contributed by atoms with E-state index in [9.17, 15) is 22.8 Å². The smallest absolute Gasteiger partial charge is 0.405 e. The second-order valence-electron chi connectivity index (χ2n) is 5.75. The molecule has 0 unspecified atom stereocenters. The number of anilines is 1. The van der Waals surface area contributed by atoms with Crippen LogP contribution in [0.25, 0.3) is 0 Å². The molecule has 1 aliphatic heterocycles.